The number of ketones is 2. The molecule has 1 heterocycles. The fraction of sp³-hybridized carbons (Fsp3) is 0.708. The first-order chi connectivity index (χ1) is 15.6. The zero-order chi connectivity index (χ0) is 24.4. The van der Waals surface area contributed by atoms with Gasteiger partial charge < -0.3 is 20.4 Å². The summed E-state index contributed by atoms with van der Waals surface area (Å²) in [5.74, 6) is -1.28. The number of H-pyrrole nitrogens is 1. The third-order valence-corrected chi connectivity index (χ3v) is 5.66. The molecule has 1 fully saturated rings. The second kappa shape index (κ2) is 12.5. The molecule has 9 nitrogen and oxygen atoms in total. The van der Waals surface area contributed by atoms with Gasteiger partial charge in [0.25, 0.3) is 0 Å². The minimum absolute atomic E-state index is 0.137. The Hall–Kier alpha value is -2.71. The van der Waals surface area contributed by atoms with Crippen LogP contribution < -0.4 is 10.6 Å². The fourth-order valence-corrected chi connectivity index (χ4v) is 4.08. The van der Waals surface area contributed by atoms with E-state index < -0.39 is 41.3 Å². The molecule has 1 aliphatic carbocycles. The highest BCUT2D eigenvalue weighted by Gasteiger charge is 2.33. The van der Waals surface area contributed by atoms with Crippen molar-refractivity contribution in [3.05, 3.63) is 18.2 Å². The summed E-state index contributed by atoms with van der Waals surface area (Å²) in [6.45, 7) is 7.03. The van der Waals surface area contributed by atoms with E-state index in [1.807, 2.05) is 6.92 Å². The summed E-state index contributed by atoms with van der Waals surface area (Å²) in [5.41, 5.74) is -0.0889. The van der Waals surface area contributed by atoms with Crippen LogP contribution in [0.1, 0.15) is 84.8 Å². The molecule has 2 rings (SSSR count). The molecule has 184 valence electrons. The Balaban J connectivity index is 2.16. The molecule has 2 atom stereocenters. The van der Waals surface area contributed by atoms with Crippen molar-refractivity contribution in [3.63, 3.8) is 0 Å². The molecule has 0 aromatic carbocycles. The molecular formula is C24H38N4O5. The van der Waals surface area contributed by atoms with Gasteiger partial charge in [-0.25, -0.2) is 9.78 Å². The number of imidazole rings is 1. The van der Waals surface area contributed by atoms with E-state index in [-0.39, 0.29) is 18.8 Å². The van der Waals surface area contributed by atoms with E-state index >= 15 is 0 Å². The van der Waals surface area contributed by atoms with Crippen LogP contribution in [0.25, 0.3) is 0 Å². The summed E-state index contributed by atoms with van der Waals surface area (Å²) >= 11 is 0. The number of aromatic nitrogens is 2. The van der Waals surface area contributed by atoms with Crippen LogP contribution in [0.15, 0.2) is 12.5 Å². The first-order valence-electron chi connectivity index (χ1n) is 11.9. The lowest BCUT2D eigenvalue weighted by Gasteiger charge is -2.28. The van der Waals surface area contributed by atoms with E-state index in [9.17, 15) is 19.2 Å². The van der Waals surface area contributed by atoms with E-state index in [4.69, 9.17) is 4.74 Å². The third-order valence-electron chi connectivity index (χ3n) is 5.66. The lowest BCUT2D eigenvalue weighted by molar-refractivity contribution is -0.139. The molecule has 3 N–H and O–H groups in total. The summed E-state index contributed by atoms with van der Waals surface area (Å²) in [5, 5.41) is 5.37. The average molecular weight is 463 g/mol. The van der Waals surface area contributed by atoms with Crippen LogP contribution in [0, 0.1) is 5.92 Å². The van der Waals surface area contributed by atoms with Crippen LogP contribution >= 0.6 is 0 Å². The zero-order valence-electron chi connectivity index (χ0n) is 20.2. The summed E-state index contributed by atoms with van der Waals surface area (Å²) in [6, 6.07) is -1.90. The molecular weight excluding hydrogens is 424 g/mol. The molecule has 1 aromatic rings. The number of aromatic amines is 1. The second-order valence-electron chi connectivity index (χ2n) is 9.82. The van der Waals surface area contributed by atoms with Crippen molar-refractivity contribution >= 4 is 23.6 Å². The number of alkyl carbamates (subject to hydrolysis) is 1. The zero-order valence-corrected chi connectivity index (χ0v) is 20.2. The van der Waals surface area contributed by atoms with Crippen molar-refractivity contribution in [2.24, 2.45) is 5.92 Å². The van der Waals surface area contributed by atoms with Crippen molar-refractivity contribution in [1.82, 2.24) is 20.6 Å². The summed E-state index contributed by atoms with van der Waals surface area (Å²) in [6.07, 6.45) is 8.91. The number of ether oxygens (including phenoxy) is 1. The monoisotopic (exact) mass is 462 g/mol. The molecule has 9 heteroatoms. The summed E-state index contributed by atoms with van der Waals surface area (Å²) in [7, 11) is 0. The van der Waals surface area contributed by atoms with Gasteiger partial charge >= 0.3 is 6.09 Å². The van der Waals surface area contributed by atoms with Crippen molar-refractivity contribution in [2.75, 3.05) is 0 Å². The Bertz CT molecular complexity index is 794. The first kappa shape index (κ1) is 26.5. The SMILES string of the molecule is CCCC(=O)C(=O)[C@H](CC1CCCCC1)NC(=O)[C@H](Cc1cnc[nH]1)NC(=O)OC(C)(C)C. The van der Waals surface area contributed by atoms with Crippen molar-refractivity contribution < 1.29 is 23.9 Å². The van der Waals surface area contributed by atoms with E-state index in [1.165, 1.54) is 12.7 Å². The average Bonchev–Trinajstić information content (AvgIpc) is 3.25. The van der Waals surface area contributed by atoms with Gasteiger partial charge in [0.2, 0.25) is 17.5 Å². The molecule has 0 spiro atoms. The van der Waals surface area contributed by atoms with Gasteiger partial charge in [-0.1, -0.05) is 39.0 Å². The normalized spacial score (nSPS) is 16.5. The number of rotatable bonds is 11. The molecule has 0 aliphatic heterocycles. The van der Waals surface area contributed by atoms with Gasteiger partial charge in [0.15, 0.2) is 0 Å². The Morgan fingerprint density at radius 3 is 2.39 bits per heavy atom. The molecule has 0 radical (unpaired) electrons. The van der Waals surface area contributed by atoms with E-state index in [0.717, 1.165) is 25.7 Å². The number of hydrogen-bond acceptors (Lipinski definition) is 6. The van der Waals surface area contributed by atoms with Crippen LogP contribution in [0.5, 0.6) is 0 Å². The minimum Gasteiger partial charge on any atom is -0.444 e. The Labute approximate surface area is 195 Å². The van der Waals surface area contributed by atoms with Crippen LogP contribution in [-0.4, -0.2) is 51.2 Å². The summed E-state index contributed by atoms with van der Waals surface area (Å²) < 4.78 is 5.30. The molecule has 1 aromatic heterocycles. The molecule has 0 bridgehead atoms. The van der Waals surface area contributed by atoms with Gasteiger partial charge in [0.05, 0.1) is 12.4 Å². The lowest BCUT2D eigenvalue weighted by atomic mass is 9.83. The molecule has 0 unspecified atom stereocenters. The predicted octanol–water partition coefficient (Wildman–Crippen LogP) is 3.24. The second-order valence-corrected chi connectivity index (χ2v) is 9.82. The summed E-state index contributed by atoms with van der Waals surface area (Å²) in [4.78, 5) is 57.7. The maximum atomic E-state index is 13.2. The topological polar surface area (TPSA) is 130 Å². The van der Waals surface area contributed by atoms with Gasteiger partial charge in [-0.2, -0.15) is 0 Å². The van der Waals surface area contributed by atoms with Gasteiger partial charge in [0.1, 0.15) is 11.6 Å². The molecule has 1 aliphatic rings. The Morgan fingerprint density at radius 2 is 1.82 bits per heavy atom. The smallest absolute Gasteiger partial charge is 0.408 e. The van der Waals surface area contributed by atoms with Gasteiger partial charge in [-0.3, -0.25) is 14.4 Å². The van der Waals surface area contributed by atoms with Gasteiger partial charge in [0, 0.05) is 24.7 Å². The Kier molecular flexibility index (Phi) is 10.1. The fourth-order valence-electron chi connectivity index (χ4n) is 4.08. The third kappa shape index (κ3) is 9.35. The molecule has 0 saturated heterocycles. The standard InChI is InChI=1S/C24H38N4O5/c1-5-9-20(29)21(30)18(12-16-10-7-6-8-11-16)27-22(31)19(13-17-14-25-15-26-17)28-23(32)33-24(2,3)4/h14-16,18-19H,5-13H2,1-4H3,(H,25,26)(H,27,31)(H,28,32)/t18-,19-/m0/s1. The highest BCUT2D eigenvalue weighted by molar-refractivity contribution is 6.39. The maximum Gasteiger partial charge on any atom is 0.408 e. The predicted molar refractivity (Wildman–Crippen MR) is 123 cm³/mol. The van der Waals surface area contributed by atoms with Gasteiger partial charge in [-0.05, 0) is 39.5 Å². The molecule has 33 heavy (non-hydrogen) atoms. The van der Waals surface area contributed by atoms with Crippen molar-refractivity contribution in [2.45, 2.75) is 103 Å². The number of amides is 2. The number of Topliss-reactive ketones (excluding diaryl/α,β-unsaturated/α-hetero) is 2. The lowest BCUT2D eigenvalue weighted by Crippen LogP contribution is -2.54. The number of nitrogens with one attached hydrogen (secondary N) is 3. The largest absolute Gasteiger partial charge is 0.444 e. The van der Waals surface area contributed by atoms with E-state index in [0.29, 0.717) is 18.5 Å². The van der Waals surface area contributed by atoms with Gasteiger partial charge in [-0.15, -0.1) is 0 Å². The van der Waals surface area contributed by atoms with Crippen LogP contribution in [-0.2, 0) is 25.5 Å². The number of carbonyl (C=O) groups excluding carboxylic acids is 4. The van der Waals surface area contributed by atoms with Crippen LogP contribution in [0.2, 0.25) is 0 Å². The highest BCUT2D eigenvalue weighted by Crippen LogP contribution is 2.27. The number of carbonyl (C=O) groups is 4. The quantitative estimate of drug-likeness (QED) is 0.433. The minimum atomic E-state index is -0.997. The maximum absolute atomic E-state index is 13.2. The van der Waals surface area contributed by atoms with E-state index in [1.54, 1.807) is 27.0 Å². The van der Waals surface area contributed by atoms with E-state index in [2.05, 4.69) is 20.6 Å². The van der Waals surface area contributed by atoms with Crippen molar-refractivity contribution in [3.8, 4) is 0 Å². The van der Waals surface area contributed by atoms with Crippen LogP contribution in [0.4, 0.5) is 4.79 Å². The van der Waals surface area contributed by atoms with Crippen LogP contribution in [0.3, 0.4) is 0 Å². The number of hydrogen-bond donors (Lipinski definition) is 3. The molecule has 1 saturated carbocycles. The Morgan fingerprint density at radius 1 is 1.12 bits per heavy atom. The first-order valence-corrected chi connectivity index (χ1v) is 11.9. The highest BCUT2D eigenvalue weighted by atomic mass is 16.6. The van der Waals surface area contributed by atoms with Crippen molar-refractivity contribution in [1.29, 1.82) is 0 Å². The number of nitrogens with zero attached hydrogens (tertiary/aromatic N) is 1. The molecule has 2 amide bonds.